The van der Waals surface area contributed by atoms with Crippen LogP contribution in [-0.4, -0.2) is 59.5 Å². The molecule has 1 fully saturated rings. The normalized spacial score (nSPS) is 18.0. The monoisotopic (exact) mass is 300 g/mol. The van der Waals surface area contributed by atoms with Gasteiger partial charge in [-0.1, -0.05) is 11.6 Å². The molecule has 1 aliphatic heterocycles. The molecule has 1 aromatic heterocycles. The molecule has 1 aliphatic rings. The van der Waals surface area contributed by atoms with Gasteiger partial charge < -0.3 is 10.1 Å². The van der Waals surface area contributed by atoms with E-state index in [1.807, 2.05) is 13.8 Å². The van der Waals surface area contributed by atoms with E-state index in [1.165, 1.54) is 0 Å². The topological polar surface area (TPSA) is 59.4 Å². The van der Waals surface area contributed by atoms with Crippen LogP contribution in [0.25, 0.3) is 0 Å². The van der Waals surface area contributed by atoms with Crippen molar-refractivity contribution < 1.29 is 9.53 Å². The van der Waals surface area contributed by atoms with E-state index in [4.69, 9.17) is 16.3 Å². The summed E-state index contributed by atoms with van der Waals surface area (Å²) in [6, 6.07) is 0.0407. The molecule has 1 unspecified atom stereocenters. The fourth-order valence-corrected chi connectivity index (χ4v) is 2.48. The molecule has 0 spiro atoms. The van der Waals surface area contributed by atoms with Crippen molar-refractivity contribution >= 4 is 17.5 Å². The summed E-state index contributed by atoms with van der Waals surface area (Å²) >= 11 is 6.11. The van der Waals surface area contributed by atoms with Gasteiger partial charge in [-0.05, 0) is 13.8 Å². The molecule has 2 rings (SSSR count). The highest BCUT2D eigenvalue weighted by atomic mass is 35.5. The number of ether oxygens (including phenoxy) is 1. The lowest BCUT2D eigenvalue weighted by atomic mass is 10.2. The van der Waals surface area contributed by atoms with E-state index in [9.17, 15) is 4.79 Å². The van der Waals surface area contributed by atoms with Gasteiger partial charge in [0, 0.05) is 32.7 Å². The average molecular weight is 301 g/mol. The van der Waals surface area contributed by atoms with E-state index in [1.54, 1.807) is 11.7 Å². The summed E-state index contributed by atoms with van der Waals surface area (Å²) in [6.07, 6.45) is 0. The molecule has 1 saturated heterocycles. The molecule has 6 nitrogen and oxygen atoms in total. The van der Waals surface area contributed by atoms with Gasteiger partial charge >= 0.3 is 0 Å². The predicted octanol–water partition coefficient (Wildman–Crippen LogP) is 0.832. The minimum atomic E-state index is -0.223. The molecule has 20 heavy (non-hydrogen) atoms. The van der Waals surface area contributed by atoms with Crippen LogP contribution < -0.4 is 5.32 Å². The van der Waals surface area contributed by atoms with Crippen molar-refractivity contribution in [1.29, 1.82) is 0 Å². The van der Waals surface area contributed by atoms with E-state index in [2.05, 4.69) is 15.3 Å². The van der Waals surface area contributed by atoms with Crippen molar-refractivity contribution in [3.63, 3.8) is 0 Å². The van der Waals surface area contributed by atoms with Crippen molar-refractivity contribution in [1.82, 2.24) is 20.0 Å². The third-order valence-corrected chi connectivity index (χ3v) is 3.94. The van der Waals surface area contributed by atoms with Crippen LogP contribution in [0.1, 0.15) is 23.1 Å². The van der Waals surface area contributed by atoms with Crippen LogP contribution in [0, 0.1) is 6.92 Å². The average Bonchev–Trinajstić information content (AvgIpc) is 2.67. The molecule has 112 valence electrons. The Bertz CT molecular complexity index is 483. The second kappa shape index (κ2) is 6.56. The number of halogens is 1. The minimum Gasteiger partial charge on any atom is -0.379 e. The van der Waals surface area contributed by atoms with Crippen LogP contribution in [0.5, 0.6) is 0 Å². The van der Waals surface area contributed by atoms with Crippen molar-refractivity contribution in [2.75, 3.05) is 32.8 Å². The molecule has 1 N–H and O–H groups in total. The summed E-state index contributed by atoms with van der Waals surface area (Å²) in [4.78, 5) is 14.4. The number of aromatic nitrogens is 2. The lowest BCUT2D eigenvalue weighted by molar-refractivity contribution is 0.0342. The zero-order valence-corrected chi connectivity index (χ0v) is 12.9. The van der Waals surface area contributed by atoms with Gasteiger partial charge in [0.25, 0.3) is 5.91 Å². The van der Waals surface area contributed by atoms with Gasteiger partial charge in [0.2, 0.25) is 0 Å². The Labute approximate surface area is 124 Å². The maximum absolute atomic E-state index is 12.2. The summed E-state index contributed by atoms with van der Waals surface area (Å²) in [5.41, 5.74) is 1.08. The van der Waals surface area contributed by atoms with Crippen LogP contribution >= 0.6 is 11.6 Å². The van der Waals surface area contributed by atoms with Crippen molar-refractivity contribution in [2.24, 2.45) is 7.05 Å². The van der Waals surface area contributed by atoms with Crippen LogP contribution in [-0.2, 0) is 11.8 Å². The Hall–Kier alpha value is -1.11. The summed E-state index contributed by atoms with van der Waals surface area (Å²) in [5.74, 6) is -0.223. The minimum absolute atomic E-state index is 0.0407. The SMILES string of the molecule is Cc1c(Cl)c(C(=O)NC(C)CN2CCOCC2)nn1C. The lowest BCUT2D eigenvalue weighted by Gasteiger charge is -2.29. The van der Waals surface area contributed by atoms with E-state index < -0.39 is 0 Å². The standard InChI is InChI=1S/C13H21ClN4O2/c1-9(8-18-4-6-20-7-5-18)15-13(19)12-11(14)10(2)17(3)16-12/h9H,4-8H2,1-3H3,(H,15,19). The number of rotatable bonds is 4. The molecule has 0 bridgehead atoms. The molecule has 0 saturated carbocycles. The summed E-state index contributed by atoms with van der Waals surface area (Å²) in [7, 11) is 1.77. The lowest BCUT2D eigenvalue weighted by Crippen LogP contribution is -2.46. The van der Waals surface area contributed by atoms with E-state index in [-0.39, 0.29) is 11.9 Å². The van der Waals surface area contributed by atoms with Crippen LogP contribution in [0.3, 0.4) is 0 Å². The number of hydrogen-bond donors (Lipinski definition) is 1. The Morgan fingerprint density at radius 3 is 2.70 bits per heavy atom. The quantitative estimate of drug-likeness (QED) is 0.895. The first-order chi connectivity index (χ1) is 9.49. The van der Waals surface area contributed by atoms with Gasteiger partial charge in [0.05, 0.1) is 23.9 Å². The summed E-state index contributed by atoms with van der Waals surface area (Å²) in [5, 5.41) is 7.51. The second-order valence-corrected chi connectivity index (χ2v) is 5.54. The van der Waals surface area contributed by atoms with Crippen molar-refractivity contribution in [3.05, 3.63) is 16.4 Å². The summed E-state index contributed by atoms with van der Waals surface area (Å²) in [6.45, 7) is 7.95. The van der Waals surface area contributed by atoms with Crippen LogP contribution in [0.15, 0.2) is 0 Å². The molecule has 1 atom stereocenters. The summed E-state index contributed by atoms with van der Waals surface area (Å²) < 4.78 is 6.92. The fraction of sp³-hybridized carbons (Fsp3) is 0.692. The number of nitrogens with zero attached hydrogens (tertiary/aromatic N) is 3. The molecule has 1 amide bonds. The predicted molar refractivity (Wildman–Crippen MR) is 77.1 cm³/mol. The van der Waals surface area contributed by atoms with Crippen molar-refractivity contribution in [3.8, 4) is 0 Å². The third kappa shape index (κ3) is 3.50. The van der Waals surface area contributed by atoms with E-state index in [0.29, 0.717) is 10.7 Å². The van der Waals surface area contributed by atoms with Gasteiger partial charge in [-0.2, -0.15) is 5.10 Å². The van der Waals surface area contributed by atoms with Crippen molar-refractivity contribution in [2.45, 2.75) is 19.9 Å². The van der Waals surface area contributed by atoms with E-state index in [0.717, 1.165) is 38.5 Å². The van der Waals surface area contributed by atoms with Crippen LogP contribution in [0.4, 0.5) is 0 Å². The first-order valence-corrected chi connectivity index (χ1v) is 7.17. The van der Waals surface area contributed by atoms with Gasteiger partial charge in [-0.3, -0.25) is 14.4 Å². The maximum atomic E-state index is 12.2. The smallest absolute Gasteiger partial charge is 0.273 e. The maximum Gasteiger partial charge on any atom is 0.273 e. The molecule has 2 heterocycles. The Kier molecular flexibility index (Phi) is 5.01. The van der Waals surface area contributed by atoms with Gasteiger partial charge in [-0.25, -0.2) is 0 Å². The zero-order valence-electron chi connectivity index (χ0n) is 12.1. The number of carbonyl (C=O) groups is 1. The number of morpholine rings is 1. The molecular weight excluding hydrogens is 280 g/mol. The molecule has 1 aromatic rings. The Balaban J connectivity index is 1.91. The largest absolute Gasteiger partial charge is 0.379 e. The number of carbonyl (C=O) groups excluding carboxylic acids is 1. The van der Waals surface area contributed by atoms with Gasteiger partial charge in [-0.15, -0.1) is 0 Å². The number of hydrogen-bond acceptors (Lipinski definition) is 4. The molecule has 0 aromatic carbocycles. The molecule has 7 heteroatoms. The molecule has 0 aliphatic carbocycles. The highest BCUT2D eigenvalue weighted by molar-refractivity contribution is 6.34. The Morgan fingerprint density at radius 2 is 2.15 bits per heavy atom. The second-order valence-electron chi connectivity index (χ2n) is 5.16. The number of nitrogens with one attached hydrogen (secondary N) is 1. The fourth-order valence-electron chi connectivity index (χ4n) is 2.24. The number of aryl methyl sites for hydroxylation is 1. The molecule has 0 radical (unpaired) electrons. The van der Waals surface area contributed by atoms with Crippen LogP contribution in [0.2, 0.25) is 5.02 Å². The van der Waals surface area contributed by atoms with E-state index >= 15 is 0 Å². The highest BCUT2D eigenvalue weighted by Gasteiger charge is 2.21. The van der Waals surface area contributed by atoms with Gasteiger partial charge in [0.15, 0.2) is 5.69 Å². The Morgan fingerprint density at radius 1 is 1.50 bits per heavy atom. The first-order valence-electron chi connectivity index (χ1n) is 6.79. The van der Waals surface area contributed by atoms with Gasteiger partial charge in [0.1, 0.15) is 0 Å². The highest BCUT2D eigenvalue weighted by Crippen LogP contribution is 2.19. The number of amides is 1. The zero-order chi connectivity index (χ0) is 14.7. The molecular formula is C13H21ClN4O2. The first kappa shape index (κ1) is 15.3. The third-order valence-electron chi connectivity index (χ3n) is 3.49.